The van der Waals surface area contributed by atoms with Crippen molar-refractivity contribution in [1.82, 2.24) is 10.3 Å². The average Bonchev–Trinajstić information content (AvgIpc) is 3.39. The van der Waals surface area contributed by atoms with Crippen molar-refractivity contribution < 1.29 is 18.7 Å². The van der Waals surface area contributed by atoms with Gasteiger partial charge in [0.1, 0.15) is 5.75 Å². The Labute approximate surface area is 153 Å². The van der Waals surface area contributed by atoms with Crippen LogP contribution in [-0.2, 0) is 11.2 Å². The van der Waals surface area contributed by atoms with Crippen molar-refractivity contribution in [3.8, 4) is 17.0 Å². The fourth-order valence-electron chi connectivity index (χ4n) is 2.63. The molecule has 3 aromatic rings. The van der Waals surface area contributed by atoms with E-state index in [-0.39, 0.29) is 18.2 Å². The average molecular weight is 369 g/mol. The highest BCUT2D eigenvalue weighted by molar-refractivity contribution is 7.14. The third-order valence-electron chi connectivity index (χ3n) is 3.89. The quantitative estimate of drug-likeness (QED) is 0.721. The zero-order valence-corrected chi connectivity index (χ0v) is 14.5. The number of anilines is 1. The molecule has 0 bridgehead atoms. The highest BCUT2D eigenvalue weighted by atomic mass is 32.1. The molecule has 26 heavy (non-hydrogen) atoms. The highest BCUT2D eigenvalue weighted by Crippen LogP contribution is 2.31. The van der Waals surface area contributed by atoms with E-state index in [2.05, 4.69) is 21.7 Å². The predicted molar refractivity (Wildman–Crippen MR) is 96.4 cm³/mol. The molecule has 0 radical (unpaired) electrons. The second kappa shape index (κ2) is 7.01. The molecule has 0 saturated heterocycles. The van der Waals surface area contributed by atoms with Crippen molar-refractivity contribution in [3.05, 3.63) is 53.3 Å². The van der Waals surface area contributed by atoms with E-state index in [4.69, 9.17) is 9.15 Å². The van der Waals surface area contributed by atoms with E-state index in [0.717, 1.165) is 23.4 Å². The summed E-state index contributed by atoms with van der Waals surface area (Å²) in [4.78, 5) is 28.2. The predicted octanol–water partition coefficient (Wildman–Crippen LogP) is 2.71. The van der Waals surface area contributed by atoms with Crippen molar-refractivity contribution in [3.63, 3.8) is 0 Å². The van der Waals surface area contributed by atoms with Crippen molar-refractivity contribution in [2.75, 3.05) is 18.5 Å². The van der Waals surface area contributed by atoms with Crippen LogP contribution in [0.25, 0.3) is 11.3 Å². The van der Waals surface area contributed by atoms with Crippen LogP contribution in [0, 0.1) is 0 Å². The van der Waals surface area contributed by atoms with Crippen molar-refractivity contribution in [1.29, 1.82) is 0 Å². The molecule has 0 saturated carbocycles. The van der Waals surface area contributed by atoms with Gasteiger partial charge in [-0.15, -0.1) is 11.3 Å². The Morgan fingerprint density at radius 3 is 3.04 bits per heavy atom. The minimum atomic E-state index is -0.440. The molecular weight excluding hydrogens is 354 g/mol. The number of fused-ring (bicyclic) bond motifs is 1. The van der Waals surface area contributed by atoms with Gasteiger partial charge in [-0.25, -0.2) is 4.98 Å². The monoisotopic (exact) mass is 369 g/mol. The number of hydrogen-bond acceptors (Lipinski definition) is 6. The molecule has 0 unspecified atom stereocenters. The number of furan rings is 1. The van der Waals surface area contributed by atoms with Gasteiger partial charge in [0.05, 0.1) is 25.1 Å². The summed E-state index contributed by atoms with van der Waals surface area (Å²) in [5, 5.41) is 7.54. The summed E-state index contributed by atoms with van der Waals surface area (Å²) in [5.41, 5.74) is 2.94. The molecule has 0 aliphatic carbocycles. The summed E-state index contributed by atoms with van der Waals surface area (Å²) in [6, 6.07) is 9.10. The SMILES string of the molecule is O=C(CNC(=O)c1ccco1)Nc1nc(-c2ccc3c(c2)CCO3)cs1. The molecule has 7 nitrogen and oxygen atoms in total. The van der Waals surface area contributed by atoms with E-state index in [9.17, 15) is 9.59 Å². The number of carbonyl (C=O) groups is 2. The summed E-state index contributed by atoms with van der Waals surface area (Å²) in [6.45, 7) is 0.547. The first kappa shape index (κ1) is 16.3. The summed E-state index contributed by atoms with van der Waals surface area (Å²) in [6.07, 6.45) is 2.30. The molecule has 1 aliphatic rings. The number of amides is 2. The lowest BCUT2D eigenvalue weighted by atomic mass is 10.1. The minimum absolute atomic E-state index is 0.162. The maximum Gasteiger partial charge on any atom is 0.287 e. The van der Waals surface area contributed by atoms with Gasteiger partial charge in [0.2, 0.25) is 5.91 Å². The van der Waals surface area contributed by atoms with Gasteiger partial charge in [-0.1, -0.05) is 0 Å². The maximum absolute atomic E-state index is 12.0. The fourth-order valence-corrected chi connectivity index (χ4v) is 3.36. The Balaban J connectivity index is 1.36. The van der Waals surface area contributed by atoms with E-state index in [1.807, 2.05) is 17.5 Å². The molecule has 4 rings (SSSR count). The van der Waals surface area contributed by atoms with Crippen LogP contribution >= 0.6 is 11.3 Å². The summed E-state index contributed by atoms with van der Waals surface area (Å²) in [5.74, 6) is 0.290. The van der Waals surface area contributed by atoms with Gasteiger partial charge in [0, 0.05) is 17.4 Å². The standard InChI is InChI=1S/C18H15N3O4S/c22-16(9-19-17(23)15-2-1-6-24-15)21-18-20-13(10-26-18)11-3-4-14-12(8-11)5-7-25-14/h1-4,6,8,10H,5,7,9H2,(H,19,23)(H,20,21,22). The Morgan fingerprint density at radius 2 is 2.19 bits per heavy atom. The number of nitrogens with one attached hydrogen (secondary N) is 2. The van der Waals surface area contributed by atoms with Crippen LogP contribution in [0.2, 0.25) is 0 Å². The Bertz CT molecular complexity index is 949. The molecule has 8 heteroatoms. The number of thiazole rings is 1. The van der Waals surface area contributed by atoms with Gasteiger partial charge in [0.25, 0.3) is 5.91 Å². The smallest absolute Gasteiger partial charge is 0.287 e. The number of hydrogen-bond donors (Lipinski definition) is 2. The number of rotatable bonds is 5. The van der Waals surface area contributed by atoms with Crippen molar-refractivity contribution >= 4 is 28.3 Å². The van der Waals surface area contributed by atoms with Crippen molar-refractivity contribution in [2.24, 2.45) is 0 Å². The number of benzene rings is 1. The summed E-state index contributed by atoms with van der Waals surface area (Å²) < 4.78 is 10.5. The van der Waals surface area contributed by atoms with Crippen LogP contribution in [0.15, 0.2) is 46.4 Å². The topological polar surface area (TPSA) is 93.5 Å². The third-order valence-corrected chi connectivity index (χ3v) is 4.65. The first-order valence-electron chi connectivity index (χ1n) is 8.02. The largest absolute Gasteiger partial charge is 0.493 e. The Morgan fingerprint density at radius 1 is 1.27 bits per heavy atom. The van der Waals surface area contributed by atoms with Crippen LogP contribution in [0.4, 0.5) is 5.13 Å². The lowest BCUT2D eigenvalue weighted by molar-refractivity contribution is -0.115. The fraction of sp³-hybridized carbons (Fsp3) is 0.167. The molecule has 2 amide bonds. The molecule has 1 aromatic carbocycles. The maximum atomic E-state index is 12.0. The van der Waals surface area contributed by atoms with Crippen LogP contribution in [0.5, 0.6) is 5.75 Å². The van der Waals surface area contributed by atoms with Crippen LogP contribution in [-0.4, -0.2) is 29.9 Å². The number of aromatic nitrogens is 1. The Hall–Kier alpha value is -3.13. The molecule has 132 valence electrons. The van der Waals surface area contributed by atoms with E-state index in [0.29, 0.717) is 11.7 Å². The van der Waals surface area contributed by atoms with E-state index in [1.54, 1.807) is 6.07 Å². The van der Waals surface area contributed by atoms with Gasteiger partial charge < -0.3 is 19.8 Å². The van der Waals surface area contributed by atoms with E-state index in [1.165, 1.54) is 29.2 Å². The van der Waals surface area contributed by atoms with Gasteiger partial charge in [-0.05, 0) is 35.9 Å². The van der Waals surface area contributed by atoms with Crippen LogP contribution < -0.4 is 15.4 Å². The zero-order chi connectivity index (χ0) is 17.9. The molecular formula is C18H15N3O4S. The van der Waals surface area contributed by atoms with Crippen LogP contribution in [0.3, 0.4) is 0 Å². The second-order valence-electron chi connectivity index (χ2n) is 5.67. The first-order chi connectivity index (χ1) is 12.7. The minimum Gasteiger partial charge on any atom is -0.493 e. The molecule has 2 aromatic heterocycles. The van der Waals surface area contributed by atoms with Crippen molar-refractivity contribution in [2.45, 2.75) is 6.42 Å². The third kappa shape index (κ3) is 3.45. The summed E-state index contributed by atoms with van der Waals surface area (Å²) in [7, 11) is 0. The van der Waals surface area contributed by atoms with Crippen LogP contribution in [0.1, 0.15) is 16.1 Å². The van der Waals surface area contributed by atoms with Gasteiger partial charge in [-0.2, -0.15) is 0 Å². The molecule has 0 fully saturated rings. The van der Waals surface area contributed by atoms with E-state index < -0.39 is 5.91 Å². The number of carbonyl (C=O) groups excluding carboxylic acids is 2. The van der Waals surface area contributed by atoms with Gasteiger partial charge in [0.15, 0.2) is 10.9 Å². The molecule has 0 spiro atoms. The normalized spacial score (nSPS) is 12.3. The Kier molecular flexibility index (Phi) is 4.40. The number of nitrogens with zero attached hydrogens (tertiary/aromatic N) is 1. The zero-order valence-electron chi connectivity index (χ0n) is 13.7. The molecule has 2 N–H and O–H groups in total. The lowest BCUT2D eigenvalue weighted by Gasteiger charge is -2.03. The van der Waals surface area contributed by atoms with Gasteiger partial charge >= 0.3 is 0 Å². The molecule has 3 heterocycles. The lowest BCUT2D eigenvalue weighted by Crippen LogP contribution is -2.32. The number of ether oxygens (including phenoxy) is 1. The van der Waals surface area contributed by atoms with E-state index >= 15 is 0 Å². The molecule has 1 aliphatic heterocycles. The molecule has 0 atom stereocenters. The highest BCUT2D eigenvalue weighted by Gasteiger charge is 2.15. The first-order valence-corrected chi connectivity index (χ1v) is 8.90. The second-order valence-corrected chi connectivity index (χ2v) is 6.53. The summed E-state index contributed by atoms with van der Waals surface area (Å²) >= 11 is 1.33. The van der Waals surface area contributed by atoms with Gasteiger partial charge in [-0.3, -0.25) is 9.59 Å².